The molecule has 3 heteroatoms. The predicted octanol–water partition coefficient (Wildman–Crippen LogP) is 1.65. The number of hydrogen-bond donors (Lipinski definition) is 1. The van der Waals surface area contributed by atoms with Crippen LogP contribution in [-0.2, 0) is 4.74 Å². The van der Waals surface area contributed by atoms with Gasteiger partial charge in [-0.3, -0.25) is 4.39 Å². The van der Waals surface area contributed by atoms with Gasteiger partial charge in [0.25, 0.3) is 0 Å². The van der Waals surface area contributed by atoms with E-state index in [1.54, 1.807) is 13.8 Å². The maximum Gasteiger partial charge on any atom is 0.104 e. The molecule has 1 N–H and O–H groups in total. The number of alkyl halides is 1. The number of methoxy groups -OCH3 is 1. The quantitative estimate of drug-likeness (QED) is 0.602. The molecule has 0 spiro atoms. The first-order valence-corrected chi connectivity index (χ1v) is 3.23. The first kappa shape index (κ1) is 9.56. The van der Waals surface area contributed by atoms with Gasteiger partial charge in [0, 0.05) is 19.2 Å². The highest BCUT2D eigenvalue weighted by Gasteiger charge is 2.28. The smallest absolute Gasteiger partial charge is 0.104 e. The Labute approximate surface area is 60.9 Å². The second kappa shape index (κ2) is 3.66. The van der Waals surface area contributed by atoms with Gasteiger partial charge in [-0.05, 0) is 6.92 Å². The molecule has 0 aliphatic carbocycles. The van der Waals surface area contributed by atoms with Crippen LogP contribution in [0.1, 0.15) is 13.8 Å². The van der Waals surface area contributed by atoms with E-state index in [0.717, 1.165) is 6.21 Å². The first-order valence-electron chi connectivity index (χ1n) is 3.23. The first-order chi connectivity index (χ1) is 4.60. The molecule has 0 aromatic heterocycles. The Hall–Kier alpha value is -0.440. The third-order valence-corrected chi connectivity index (χ3v) is 1.94. The van der Waals surface area contributed by atoms with E-state index in [9.17, 15) is 4.39 Å². The molecule has 2 unspecified atom stereocenters. The lowest BCUT2D eigenvalue weighted by atomic mass is 9.93. The zero-order chi connectivity index (χ0) is 8.20. The fourth-order valence-electron chi connectivity index (χ4n) is 0.556. The van der Waals surface area contributed by atoms with Gasteiger partial charge < -0.3 is 10.1 Å². The Kier molecular flexibility index (Phi) is 3.50. The minimum Gasteiger partial charge on any atom is -0.373 e. The molecule has 10 heavy (non-hydrogen) atoms. The molecule has 2 atom stereocenters. The summed E-state index contributed by atoms with van der Waals surface area (Å²) in [5, 5.41) is 6.97. The van der Waals surface area contributed by atoms with Crippen LogP contribution in [0.2, 0.25) is 0 Å². The minimum atomic E-state index is -0.741. The number of ether oxygens (including phenoxy) is 1. The third kappa shape index (κ3) is 1.77. The minimum absolute atomic E-state index is 0.255. The van der Waals surface area contributed by atoms with E-state index in [4.69, 9.17) is 10.1 Å². The highest BCUT2D eigenvalue weighted by Crippen LogP contribution is 2.18. The van der Waals surface area contributed by atoms with Crippen LogP contribution in [0.5, 0.6) is 0 Å². The van der Waals surface area contributed by atoms with E-state index in [0.29, 0.717) is 0 Å². The van der Waals surface area contributed by atoms with Crippen LogP contribution in [0.25, 0.3) is 0 Å². The van der Waals surface area contributed by atoms with Crippen molar-refractivity contribution >= 4 is 6.21 Å². The summed E-state index contributed by atoms with van der Waals surface area (Å²) < 4.78 is 17.0. The standard InChI is InChI=1S/C7H14FNO/c1-6(4-8)7(2,5-9)10-3/h5-6,9H,4H2,1-3H3. The van der Waals surface area contributed by atoms with Gasteiger partial charge in [0.2, 0.25) is 0 Å². The highest BCUT2D eigenvalue weighted by atomic mass is 19.1. The van der Waals surface area contributed by atoms with E-state index in [1.165, 1.54) is 7.11 Å². The normalized spacial score (nSPS) is 19.6. The van der Waals surface area contributed by atoms with E-state index >= 15 is 0 Å². The van der Waals surface area contributed by atoms with Crippen LogP contribution in [0.3, 0.4) is 0 Å². The predicted molar refractivity (Wildman–Crippen MR) is 39.3 cm³/mol. The van der Waals surface area contributed by atoms with Gasteiger partial charge in [-0.25, -0.2) is 0 Å². The third-order valence-electron chi connectivity index (χ3n) is 1.94. The molecule has 0 bridgehead atoms. The van der Waals surface area contributed by atoms with Crippen LogP contribution in [-0.4, -0.2) is 25.6 Å². The summed E-state index contributed by atoms with van der Waals surface area (Å²) in [6.45, 7) is 2.96. The van der Waals surface area contributed by atoms with Crippen molar-refractivity contribution in [1.82, 2.24) is 0 Å². The summed E-state index contributed by atoms with van der Waals surface area (Å²) in [6.07, 6.45) is 1.14. The second-order valence-electron chi connectivity index (χ2n) is 2.59. The summed E-state index contributed by atoms with van der Waals surface area (Å²) in [7, 11) is 1.48. The molecule has 0 heterocycles. The van der Waals surface area contributed by atoms with Crippen LogP contribution in [0.4, 0.5) is 4.39 Å². The summed E-state index contributed by atoms with van der Waals surface area (Å²) >= 11 is 0. The summed E-state index contributed by atoms with van der Waals surface area (Å²) in [4.78, 5) is 0. The largest absolute Gasteiger partial charge is 0.373 e. The van der Waals surface area contributed by atoms with Gasteiger partial charge in [0.1, 0.15) is 5.60 Å². The van der Waals surface area contributed by atoms with E-state index in [1.807, 2.05) is 0 Å². The molecule has 0 amide bonds. The fourth-order valence-corrected chi connectivity index (χ4v) is 0.556. The molecule has 0 rings (SSSR count). The van der Waals surface area contributed by atoms with E-state index < -0.39 is 12.3 Å². The molecule has 0 fully saturated rings. The van der Waals surface area contributed by atoms with Crippen LogP contribution in [0.15, 0.2) is 0 Å². The molecule has 2 nitrogen and oxygen atoms in total. The molecule has 0 aromatic carbocycles. The average Bonchev–Trinajstić information content (AvgIpc) is 2.01. The van der Waals surface area contributed by atoms with Gasteiger partial charge in [0.15, 0.2) is 0 Å². The highest BCUT2D eigenvalue weighted by molar-refractivity contribution is 5.65. The van der Waals surface area contributed by atoms with Crippen molar-refractivity contribution < 1.29 is 9.13 Å². The fraction of sp³-hybridized carbons (Fsp3) is 0.857. The monoisotopic (exact) mass is 147 g/mol. The van der Waals surface area contributed by atoms with E-state index in [2.05, 4.69) is 0 Å². The Balaban J connectivity index is 4.16. The molecule has 0 aliphatic rings. The molecule has 0 aromatic rings. The Morgan fingerprint density at radius 3 is 2.40 bits per heavy atom. The number of halogens is 1. The topological polar surface area (TPSA) is 33.1 Å². The Morgan fingerprint density at radius 1 is 1.80 bits per heavy atom. The molecule has 0 saturated carbocycles. The van der Waals surface area contributed by atoms with Crippen molar-refractivity contribution in [2.45, 2.75) is 19.4 Å². The molecule has 0 radical (unpaired) electrons. The van der Waals surface area contributed by atoms with Crippen LogP contribution < -0.4 is 0 Å². The summed E-state index contributed by atoms with van der Waals surface area (Å²) in [5.41, 5.74) is -0.741. The van der Waals surface area contributed by atoms with Gasteiger partial charge >= 0.3 is 0 Å². The van der Waals surface area contributed by atoms with Crippen molar-refractivity contribution in [3.05, 3.63) is 0 Å². The molecule has 0 saturated heterocycles. The van der Waals surface area contributed by atoms with E-state index in [-0.39, 0.29) is 5.92 Å². The van der Waals surface area contributed by atoms with Gasteiger partial charge in [-0.15, -0.1) is 0 Å². The average molecular weight is 147 g/mol. The molecule has 60 valence electrons. The van der Waals surface area contributed by atoms with Gasteiger partial charge in [-0.2, -0.15) is 0 Å². The Morgan fingerprint density at radius 2 is 2.30 bits per heavy atom. The molecular formula is C7H14FNO. The number of rotatable bonds is 4. The zero-order valence-corrected chi connectivity index (χ0v) is 6.65. The lowest BCUT2D eigenvalue weighted by Crippen LogP contribution is -2.37. The Bertz CT molecular complexity index is 118. The van der Waals surface area contributed by atoms with Gasteiger partial charge in [0.05, 0.1) is 6.67 Å². The zero-order valence-electron chi connectivity index (χ0n) is 6.65. The second-order valence-corrected chi connectivity index (χ2v) is 2.59. The van der Waals surface area contributed by atoms with Crippen molar-refractivity contribution in [1.29, 1.82) is 5.41 Å². The van der Waals surface area contributed by atoms with Crippen molar-refractivity contribution in [2.75, 3.05) is 13.8 Å². The number of hydrogen-bond acceptors (Lipinski definition) is 2. The summed E-state index contributed by atoms with van der Waals surface area (Å²) in [6, 6.07) is 0. The van der Waals surface area contributed by atoms with Crippen molar-refractivity contribution in [3.63, 3.8) is 0 Å². The van der Waals surface area contributed by atoms with Crippen molar-refractivity contribution in [3.8, 4) is 0 Å². The van der Waals surface area contributed by atoms with Crippen molar-refractivity contribution in [2.24, 2.45) is 5.92 Å². The SMILES string of the molecule is COC(C)(C=N)C(C)CF. The maximum absolute atomic E-state index is 12.1. The molecule has 0 aliphatic heterocycles. The molecular weight excluding hydrogens is 133 g/mol. The van der Waals surface area contributed by atoms with Crippen LogP contribution >= 0.6 is 0 Å². The number of nitrogens with one attached hydrogen (secondary N) is 1. The lowest BCUT2D eigenvalue weighted by Gasteiger charge is -2.27. The lowest BCUT2D eigenvalue weighted by molar-refractivity contribution is 0.0163. The maximum atomic E-state index is 12.1. The van der Waals surface area contributed by atoms with Gasteiger partial charge in [-0.1, -0.05) is 6.92 Å². The summed E-state index contributed by atoms with van der Waals surface area (Å²) in [5.74, 6) is -0.255. The van der Waals surface area contributed by atoms with Crippen LogP contribution in [0, 0.1) is 11.3 Å².